The first-order valence-electron chi connectivity index (χ1n) is 9.94. The summed E-state index contributed by atoms with van der Waals surface area (Å²) < 4.78 is 28.8. The molecule has 0 spiro atoms. The molecule has 7 heteroatoms. The van der Waals surface area contributed by atoms with E-state index in [2.05, 4.69) is 15.0 Å². The van der Waals surface area contributed by atoms with Crippen LogP contribution >= 0.6 is 0 Å². The summed E-state index contributed by atoms with van der Waals surface area (Å²) in [5.41, 5.74) is 1.74. The van der Waals surface area contributed by atoms with Crippen molar-refractivity contribution < 1.29 is 18.3 Å². The van der Waals surface area contributed by atoms with Crippen molar-refractivity contribution in [2.24, 2.45) is 0 Å². The molecule has 3 atom stereocenters. The number of carbonyl (C=O) groups is 1. The van der Waals surface area contributed by atoms with Gasteiger partial charge in [-0.3, -0.25) is 9.69 Å². The van der Waals surface area contributed by atoms with Gasteiger partial charge in [-0.2, -0.15) is 8.78 Å². The van der Waals surface area contributed by atoms with E-state index in [1.807, 2.05) is 35.2 Å². The lowest BCUT2D eigenvalue weighted by Gasteiger charge is -2.40. The van der Waals surface area contributed by atoms with Gasteiger partial charge in [0.2, 0.25) is 0 Å². The van der Waals surface area contributed by atoms with Crippen LogP contribution in [0.2, 0.25) is 0 Å². The summed E-state index contributed by atoms with van der Waals surface area (Å²) in [5, 5.41) is 3.45. The smallest absolute Gasteiger partial charge is 0.387 e. The van der Waals surface area contributed by atoms with Gasteiger partial charge in [0.25, 0.3) is 5.91 Å². The average molecular weight is 401 g/mol. The third kappa shape index (κ3) is 4.74. The highest BCUT2D eigenvalue weighted by Gasteiger charge is 2.40. The van der Waals surface area contributed by atoms with E-state index in [1.165, 1.54) is 0 Å². The highest BCUT2D eigenvalue weighted by molar-refractivity contribution is 5.94. The molecule has 0 radical (unpaired) electrons. The van der Waals surface area contributed by atoms with Gasteiger partial charge in [0, 0.05) is 50.4 Å². The molecule has 1 unspecified atom stereocenters. The number of amides is 1. The van der Waals surface area contributed by atoms with Crippen molar-refractivity contribution in [3.8, 4) is 5.75 Å². The van der Waals surface area contributed by atoms with Gasteiger partial charge >= 0.3 is 6.61 Å². The second-order valence-electron chi connectivity index (χ2n) is 7.57. The summed E-state index contributed by atoms with van der Waals surface area (Å²) in [4.78, 5) is 17.4. The van der Waals surface area contributed by atoms with Gasteiger partial charge in [0.1, 0.15) is 5.75 Å². The Morgan fingerprint density at radius 2 is 1.86 bits per heavy atom. The summed E-state index contributed by atoms with van der Waals surface area (Å²) in [6, 6.07) is 16.7. The summed E-state index contributed by atoms with van der Waals surface area (Å²) in [6.45, 7) is 1.23. The number of halogens is 2. The molecule has 2 aromatic rings. The molecule has 2 aliphatic heterocycles. The molecule has 5 nitrogen and oxygen atoms in total. The van der Waals surface area contributed by atoms with Gasteiger partial charge in [-0.15, -0.1) is 0 Å². The van der Waals surface area contributed by atoms with Gasteiger partial charge in [-0.05, 0) is 36.2 Å². The molecule has 2 fully saturated rings. The molecule has 2 bridgehead atoms. The van der Waals surface area contributed by atoms with Crippen LogP contribution in [0, 0.1) is 0 Å². The first kappa shape index (κ1) is 19.8. The Balaban J connectivity index is 1.32. The molecule has 1 amide bonds. The summed E-state index contributed by atoms with van der Waals surface area (Å²) >= 11 is 0. The van der Waals surface area contributed by atoms with Gasteiger partial charge in [0.15, 0.2) is 0 Å². The third-order valence-corrected chi connectivity index (χ3v) is 5.70. The van der Waals surface area contributed by atoms with E-state index in [1.54, 1.807) is 24.3 Å². The summed E-state index contributed by atoms with van der Waals surface area (Å²) in [7, 11) is 0. The summed E-state index contributed by atoms with van der Waals surface area (Å²) in [5.74, 6) is 0.269. The fraction of sp³-hybridized carbons (Fsp3) is 0.409. The standard InChI is InChI=1S/C22H25F2N3O2/c23-22(24)29-20-8-6-16(7-9-20)12-25-13-19-15-27(18-10-11-26(19)14-18)21(28)17-4-2-1-3-5-17/h1-9,18-19,22,25H,10-15H2/t18-,19+/m0/s1. The maximum Gasteiger partial charge on any atom is 0.387 e. The number of nitrogens with one attached hydrogen (secondary N) is 1. The lowest BCUT2D eigenvalue weighted by atomic mass is 10.1. The molecular formula is C22H25F2N3O2. The summed E-state index contributed by atoms with van der Waals surface area (Å²) in [6.07, 6.45) is 1.01. The zero-order chi connectivity index (χ0) is 20.2. The third-order valence-electron chi connectivity index (χ3n) is 5.70. The van der Waals surface area contributed by atoms with E-state index in [0.717, 1.165) is 37.2 Å². The Labute approximate surface area is 169 Å². The molecule has 4 rings (SSSR count). The minimum atomic E-state index is -2.81. The molecule has 0 saturated carbocycles. The Kier molecular flexibility index (Phi) is 6.06. The van der Waals surface area contributed by atoms with Crippen molar-refractivity contribution in [2.45, 2.75) is 31.7 Å². The zero-order valence-corrected chi connectivity index (χ0v) is 16.1. The second-order valence-corrected chi connectivity index (χ2v) is 7.57. The van der Waals surface area contributed by atoms with Crippen LogP contribution in [0.3, 0.4) is 0 Å². The molecule has 0 aromatic heterocycles. The van der Waals surface area contributed by atoms with Crippen LogP contribution in [0.1, 0.15) is 22.3 Å². The quantitative estimate of drug-likeness (QED) is 0.775. The number of carbonyl (C=O) groups excluding carboxylic acids is 1. The van der Waals surface area contributed by atoms with Crippen LogP contribution in [0.15, 0.2) is 54.6 Å². The fourth-order valence-corrected chi connectivity index (χ4v) is 4.21. The Morgan fingerprint density at radius 3 is 2.59 bits per heavy atom. The molecular weight excluding hydrogens is 376 g/mol. The van der Waals surface area contributed by atoms with Crippen molar-refractivity contribution in [1.29, 1.82) is 0 Å². The van der Waals surface area contributed by atoms with E-state index in [4.69, 9.17) is 0 Å². The predicted molar refractivity (Wildman–Crippen MR) is 106 cm³/mol. The SMILES string of the molecule is O=C(c1ccccc1)N1C[C@@H](CNCc2ccc(OC(F)F)cc2)N2CC[C@H]1C2. The second kappa shape index (κ2) is 8.88. The maximum atomic E-state index is 13.0. The van der Waals surface area contributed by atoms with Crippen LogP contribution in [-0.2, 0) is 6.54 Å². The number of hydrogen-bond donors (Lipinski definition) is 1. The molecule has 2 aliphatic rings. The first-order chi connectivity index (χ1) is 14.1. The molecule has 2 heterocycles. The van der Waals surface area contributed by atoms with Gasteiger partial charge in [0.05, 0.1) is 0 Å². The largest absolute Gasteiger partial charge is 0.435 e. The van der Waals surface area contributed by atoms with E-state index in [-0.39, 0.29) is 17.7 Å². The molecule has 0 aliphatic carbocycles. The minimum absolute atomic E-state index is 0.108. The number of alkyl halides is 2. The van der Waals surface area contributed by atoms with Crippen LogP contribution in [0.25, 0.3) is 0 Å². The van der Waals surface area contributed by atoms with Crippen LogP contribution in [-0.4, -0.2) is 60.6 Å². The normalized spacial score (nSPS) is 23.4. The highest BCUT2D eigenvalue weighted by Crippen LogP contribution is 2.26. The molecule has 2 saturated heterocycles. The molecule has 1 N–H and O–H groups in total. The van der Waals surface area contributed by atoms with E-state index >= 15 is 0 Å². The number of piperazine rings is 1. The van der Waals surface area contributed by atoms with Gasteiger partial charge in [-0.1, -0.05) is 30.3 Å². The van der Waals surface area contributed by atoms with E-state index < -0.39 is 6.61 Å². The highest BCUT2D eigenvalue weighted by atomic mass is 19.3. The maximum absolute atomic E-state index is 13.0. The minimum Gasteiger partial charge on any atom is -0.435 e. The van der Waals surface area contributed by atoms with E-state index in [9.17, 15) is 13.6 Å². The average Bonchev–Trinajstić information content (AvgIpc) is 3.15. The van der Waals surface area contributed by atoms with Crippen molar-refractivity contribution in [2.75, 3.05) is 26.2 Å². The fourth-order valence-electron chi connectivity index (χ4n) is 4.21. The zero-order valence-electron chi connectivity index (χ0n) is 16.1. The van der Waals surface area contributed by atoms with Gasteiger partial charge < -0.3 is 15.0 Å². The van der Waals surface area contributed by atoms with Crippen molar-refractivity contribution >= 4 is 5.91 Å². The Bertz CT molecular complexity index is 817. The number of nitrogens with zero attached hydrogens (tertiary/aromatic N) is 2. The van der Waals surface area contributed by atoms with Crippen LogP contribution < -0.4 is 10.1 Å². The number of fused-ring (bicyclic) bond motifs is 2. The lowest BCUT2D eigenvalue weighted by molar-refractivity contribution is -0.0498. The number of ether oxygens (including phenoxy) is 1. The molecule has 2 aromatic carbocycles. The molecule has 154 valence electrons. The lowest BCUT2D eigenvalue weighted by Crippen LogP contribution is -2.57. The van der Waals surface area contributed by atoms with Crippen molar-refractivity contribution in [3.05, 3.63) is 65.7 Å². The Morgan fingerprint density at radius 1 is 1.10 bits per heavy atom. The molecule has 29 heavy (non-hydrogen) atoms. The van der Waals surface area contributed by atoms with Crippen molar-refractivity contribution in [3.63, 3.8) is 0 Å². The van der Waals surface area contributed by atoms with Crippen LogP contribution in [0.4, 0.5) is 8.78 Å². The monoisotopic (exact) mass is 401 g/mol. The van der Waals surface area contributed by atoms with E-state index in [0.29, 0.717) is 19.1 Å². The number of rotatable bonds is 7. The Hall–Kier alpha value is -2.51. The number of hydrogen-bond acceptors (Lipinski definition) is 4. The first-order valence-corrected chi connectivity index (χ1v) is 9.94. The van der Waals surface area contributed by atoms with Crippen molar-refractivity contribution in [1.82, 2.24) is 15.1 Å². The number of benzene rings is 2. The van der Waals surface area contributed by atoms with Gasteiger partial charge in [-0.25, -0.2) is 0 Å². The topological polar surface area (TPSA) is 44.8 Å². The van der Waals surface area contributed by atoms with Crippen LogP contribution in [0.5, 0.6) is 5.75 Å². The predicted octanol–water partition coefficient (Wildman–Crippen LogP) is 2.98.